The monoisotopic (exact) mass is 1020 g/mol. The van der Waals surface area contributed by atoms with Gasteiger partial charge in [-0.2, -0.15) is 0 Å². The summed E-state index contributed by atoms with van der Waals surface area (Å²) in [6, 6.07) is 36.1. The second-order valence-corrected chi connectivity index (χ2v) is 25.7. The van der Waals surface area contributed by atoms with Crippen LogP contribution >= 0.6 is 0 Å². The molecule has 7 heteroatoms. The SMILES string of the molecule is [2H]c1c([2H])c2c(c([2H])c1C1=CN3C=CC=CB3C(c3c([2H])c([2H])c4c(c3[2H])C(C)(C)CCC4(C)C)=C1N1CN(c3cccc(Oc4ccc5c6ccccc6n(-c6cc(C(C)(C)C)ccn6)c5c4)c3)c3ccccc31)C(C)(C)CCC2(C)C. The molecule has 386 valence electrons. The lowest BCUT2D eigenvalue weighted by Gasteiger charge is -2.43. The summed E-state index contributed by atoms with van der Waals surface area (Å²) < 4.78 is 70.4. The van der Waals surface area contributed by atoms with E-state index in [1.807, 2.05) is 61.1 Å². The van der Waals surface area contributed by atoms with E-state index in [2.05, 4.69) is 174 Å². The minimum absolute atomic E-state index is 0.00897. The van der Waals surface area contributed by atoms with Crippen LogP contribution in [0.4, 0.5) is 17.1 Å². The van der Waals surface area contributed by atoms with E-state index in [4.69, 9.17) is 9.72 Å². The number of ether oxygens (including phenoxy) is 1. The van der Waals surface area contributed by atoms with Crippen LogP contribution in [-0.2, 0) is 27.1 Å². The molecule has 6 aromatic carbocycles. The van der Waals surface area contributed by atoms with Crippen LogP contribution in [0.15, 0.2) is 182 Å². The molecule has 0 saturated carbocycles. The fourth-order valence-corrected chi connectivity index (χ4v) is 12.7. The van der Waals surface area contributed by atoms with E-state index in [0.717, 1.165) is 92.6 Å². The van der Waals surface area contributed by atoms with Crippen LogP contribution in [0.3, 0.4) is 0 Å². The molecule has 5 heterocycles. The molecule has 77 heavy (non-hydrogen) atoms. The van der Waals surface area contributed by atoms with Gasteiger partial charge in [0.2, 0.25) is 0 Å². The summed E-state index contributed by atoms with van der Waals surface area (Å²) in [5.74, 6) is 4.24. The molecule has 8 aromatic rings. The smallest absolute Gasteiger partial charge is 0.322 e. The molecule has 5 aliphatic rings. The molecule has 2 aliphatic carbocycles. The molecule has 0 radical (unpaired) electrons. The van der Waals surface area contributed by atoms with Crippen LogP contribution < -0.4 is 14.5 Å². The lowest BCUT2D eigenvalue weighted by Crippen LogP contribution is -2.41. The maximum absolute atomic E-state index is 10.5. The van der Waals surface area contributed by atoms with Gasteiger partial charge in [-0.05, 0) is 164 Å². The molecular formula is C70H72BN5O. The van der Waals surface area contributed by atoms with Crippen molar-refractivity contribution in [2.45, 2.75) is 129 Å². The van der Waals surface area contributed by atoms with Gasteiger partial charge in [-0.1, -0.05) is 161 Å². The van der Waals surface area contributed by atoms with Gasteiger partial charge in [-0.3, -0.25) is 4.57 Å². The predicted octanol–water partition coefficient (Wildman–Crippen LogP) is 17.8. The first-order valence-corrected chi connectivity index (χ1v) is 27.6. The highest BCUT2D eigenvalue weighted by atomic mass is 16.5. The number of hydrogen-bond donors (Lipinski definition) is 0. The summed E-state index contributed by atoms with van der Waals surface area (Å²) >= 11 is 0. The van der Waals surface area contributed by atoms with Crippen molar-refractivity contribution < 1.29 is 13.0 Å². The van der Waals surface area contributed by atoms with Crippen molar-refractivity contribution in [1.29, 1.82) is 0 Å². The molecule has 3 aliphatic heterocycles. The molecule has 0 amide bonds. The lowest BCUT2D eigenvalue weighted by atomic mass is 9.48. The third-order valence-electron chi connectivity index (χ3n) is 17.6. The van der Waals surface area contributed by atoms with Crippen LogP contribution in [-0.4, -0.2) is 27.9 Å². The van der Waals surface area contributed by atoms with Crippen LogP contribution in [0.5, 0.6) is 11.5 Å². The Morgan fingerprint density at radius 2 is 1.22 bits per heavy atom. The number of aromatic nitrogens is 2. The third-order valence-corrected chi connectivity index (χ3v) is 17.6. The molecule has 0 spiro atoms. The normalized spacial score (nSPS) is 19.9. The summed E-state index contributed by atoms with van der Waals surface area (Å²) in [6.07, 6.45) is 13.2. The van der Waals surface area contributed by atoms with E-state index in [0.29, 0.717) is 39.4 Å². The quantitative estimate of drug-likeness (QED) is 0.149. The van der Waals surface area contributed by atoms with Crippen LogP contribution in [0.1, 0.15) is 149 Å². The van der Waals surface area contributed by atoms with E-state index >= 15 is 0 Å². The predicted molar refractivity (Wildman–Crippen MR) is 324 cm³/mol. The van der Waals surface area contributed by atoms with Gasteiger partial charge < -0.3 is 19.3 Å². The standard InChI is InChI=1S/C70H72BN5O/c1-66(2,3)48-31-37-72-63(41-48)76-59-22-13-12-21-52(59)53-28-27-51(43-62(53)76)77-50-20-18-19-49(42-50)74-45-75(61-24-15-14-23-60(61)74)65-54(46-25-29-55-57(39-46)69(8,9)34-32-67(55,4)5)44-73-38-17-16-36-71(73)64(65)47-26-30-56-58(40-47)70(10,11)35-33-68(56,6)7/h12-31,36-44H,32-35,45H2,1-11H3/i25D,26D,29D,30D,39D,40D. The van der Waals surface area contributed by atoms with Crippen molar-refractivity contribution in [3.05, 3.63) is 221 Å². The first-order chi connectivity index (χ1) is 39.3. The number of fused-ring (bicyclic) bond motifs is 7. The van der Waals surface area contributed by atoms with Crippen molar-refractivity contribution >= 4 is 56.8 Å². The molecule has 0 fully saturated rings. The minimum Gasteiger partial charge on any atom is -0.457 e. The van der Waals surface area contributed by atoms with Gasteiger partial charge in [0, 0.05) is 52.3 Å². The van der Waals surface area contributed by atoms with Crippen molar-refractivity contribution in [2.24, 2.45) is 0 Å². The zero-order valence-electron chi connectivity index (χ0n) is 52.5. The average molecular weight is 1020 g/mol. The molecule has 0 saturated heterocycles. The molecular weight excluding hydrogens is 938 g/mol. The Morgan fingerprint density at radius 1 is 0.597 bits per heavy atom. The number of anilines is 3. The lowest BCUT2D eigenvalue weighted by molar-refractivity contribution is 0.332. The average Bonchev–Trinajstić information content (AvgIpc) is 1.35. The summed E-state index contributed by atoms with van der Waals surface area (Å²) in [5.41, 5.74) is 9.73. The Kier molecular flexibility index (Phi) is 9.68. The summed E-state index contributed by atoms with van der Waals surface area (Å²) in [6.45, 7) is 23.6. The first kappa shape index (κ1) is 42.6. The number of benzene rings is 6. The summed E-state index contributed by atoms with van der Waals surface area (Å²) in [7, 11) is 0. The molecule has 2 aromatic heterocycles. The number of para-hydroxylation sites is 3. The molecule has 0 N–H and O–H groups in total. The van der Waals surface area contributed by atoms with Crippen molar-refractivity contribution in [3.8, 4) is 17.3 Å². The maximum atomic E-state index is 10.5. The second-order valence-electron chi connectivity index (χ2n) is 25.7. The fraction of sp³-hybridized carbons (Fsp3) is 0.300. The van der Waals surface area contributed by atoms with Gasteiger partial charge in [0.25, 0.3) is 0 Å². The zero-order chi connectivity index (χ0) is 58.6. The van der Waals surface area contributed by atoms with Crippen molar-refractivity contribution in [2.75, 3.05) is 16.5 Å². The van der Waals surface area contributed by atoms with Gasteiger partial charge in [0.1, 0.15) is 24.0 Å². The maximum Gasteiger partial charge on any atom is 0.322 e. The van der Waals surface area contributed by atoms with E-state index in [-0.39, 0.29) is 48.3 Å². The Hall–Kier alpha value is -7.51. The number of pyridine rings is 1. The largest absolute Gasteiger partial charge is 0.457 e. The second kappa shape index (κ2) is 17.5. The van der Waals surface area contributed by atoms with Crippen LogP contribution in [0, 0.1) is 0 Å². The highest BCUT2D eigenvalue weighted by molar-refractivity contribution is 6.82. The summed E-state index contributed by atoms with van der Waals surface area (Å²) in [4.78, 5) is 11.5. The number of rotatable bonds is 7. The van der Waals surface area contributed by atoms with Gasteiger partial charge in [-0.25, -0.2) is 4.98 Å². The fourth-order valence-electron chi connectivity index (χ4n) is 12.7. The zero-order valence-corrected chi connectivity index (χ0v) is 46.5. The van der Waals surface area contributed by atoms with Gasteiger partial charge >= 0.3 is 6.85 Å². The molecule has 6 nitrogen and oxygen atoms in total. The highest BCUT2D eigenvalue weighted by Gasteiger charge is 2.43. The Balaban J connectivity index is 0.999. The van der Waals surface area contributed by atoms with E-state index < -0.39 is 28.5 Å². The Morgan fingerprint density at radius 3 is 1.94 bits per heavy atom. The third kappa shape index (κ3) is 8.17. The number of allylic oxidation sites excluding steroid dienone is 3. The Bertz CT molecular complexity index is 4220. The van der Waals surface area contributed by atoms with Gasteiger partial charge in [0.15, 0.2) is 0 Å². The van der Waals surface area contributed by atoms with E-state index in [9.17, 15) is 8.22 Å². The molecule has 0 atom stereocenters. The summed E-state index contributed by atoms with van der Waals surface area (Å²) in [5, 5.41) is 2.23. The number of nitrogens with zero attached hydrogens (tertiary/aromatic N) is 5. The van der Waals surface area contributed by atoms with Crippen LogP contribution in [0.25, 0.3) is 38.7 Å². The van der Waals surface area contributed by atoms with Gasteiger partial charge in [-0.15, -0.1) is 0 Å². The number of hydrogen-bond acceptors (Lipinski definition) is 5. The molecule has 0 bridgehead atoms. The topological polar surface area (TPSA) is 36.8 Å². The Labute approximate surface area is 465 Å². The van der Waals surface area contributed by atoms with Crippen LogP contribution in [0.2, 0.25) is 0 Å². The van der Waals surface area contributed by atoms with Crippen molar-refractivity contribution in [1.82, 2.24) is 14.4 Å². The van der Waals surface area contributed by atoms with E-state index in [1.165, 1.54) is 5.56 Å². The molecule has 0 unspecified atom stereocenters. The highest BCUT2D eigenvalue weighted by Crippen LogP contribution is 2.53. The molecule has 13 rings (SSSR count). The van der Waals surface area contributed by atoms with E-state index in [1.54, 1.807) is 0 Å². The van der Waals surface area contributed by atoms with Crippen molar-refractivity contribution in [3.63, 3.8) is 0 Å². The first-order valence-electron chi connectivity index (χ1n) is 30.6. The van der Waals surface area contributed by atoms with Gasteiger partial charge in [0.05, 0.1) is 30.6 Å². The minimum atomic E-state index is -0.525.